The van der Waals surface area contributed by atoms with Crippen molar-refractivity contribution < 1.29 is 8.42 Å². The van der Waals surface area contributed by atoms with Crippen LogP contribution in [-0.2, 0) is 16.6 Å². The van der Waals surface area contributed by atoms with Gasteiger partial charge in [0.05, 0.1) is 11.4 Å². The van der Waals surface area contributed by atoms with Gasteiger partial charge in [-0.05, 0) is 30.7 Å². The lowest BCUT2D eigenvalue weighted by Gasteiger charge is -2.12. The lowest BCUT2D eigenvalue weighted by molar-refractivity contribution is 0.598. The third-order valence-corrected chi connectivity index (χ3v) is 3.80. The normalized spacial score (nSPS) is 11.3. The quantitative estimate of drug-likeness (QED) is 0.734. The maximum atomic E-state index is 11.4. The number of rotatable bonds is 4. The summed E-state index contributed by atoms with van der Waals surface area (Å²) in [4.78, 5) is 4.10. The smallest absolute Gasteiger partial charge is 0.240 e. The van der Waals surface area contributed by atoms with Crippen molar-refractivity contribution in [3.05, 3.63) is 47.8 Å². The highest BCUT2D eigenvalue weighted by Gasteiger charge is 2.14. The molecule has 6 nitrogen and oxygen atoms in total. The molecule has 0 atom stereocenters. The summed E-state index contributed by atoms with van der Waals surface area (Å²) in [5, 5.41) is 8.18. The molecule has 0 aliphatic rings. The molecule has 0 amide bonds. The molecule has 7 heteroatoms. The standard InChI is InChI=1S/C13H16N4O2S/c1-9-5-6-10(7-16-9)8-17-11-3-2-4-12(13(11)14)20(15,18)19/h2-7,17H,8,14H2,1H3,(H2,15,18,19). The van der Waals surface area contributed by atoms with E-state index in [2.05, 4.69) is 10.3 Å². The first-order valence-corrected chi connectivity index (χ1v) is 7.49. The summed E-state index contributed by atoms with van der Waals surface area (Å²) in [5.74, 6) is 0. The van der Waals surface area contributed by atoms with Crippen LogP contribution >= 0.6 is 0 Å². The van der Waals surface area contributed by atoms with E-state index in [-0.39, 0.29) is 10.6 Å². The Labute approximate surface area is 117 Å². The van der Waals surface area contributed by atoms with Crippen molar-refractivity contribution in [3.63, 3.8) is 0 Å². The van der Waals surface area contributed by atoms with Crippen LogP contribution in [0.15, 0.2) is 41.4 Å². The van der Waals surface area contributed by atoms with Crippen LogP contribution in [-0.4, -0.2) is 13.4 Å². The predicted molar refractivity (Wildman–Crippen MR) is 78.5 cm³/mol. The highest BCUT2D eigenvalue weighted by Crippen LogP contribution is 2.26. The summed E-state index contributed by atoms with van der Waals surface area (Å²) in [7, 11) is -3.82. The summed E-state index contributed by atoms with van der Waals surface area (Å²) < 4.78 is 22.8. The molecule has 106 valence electrons. The van der Waals surface area contributed by atoms with E-state index in [9.17, 15) is 8.42 Å². The Hall–Kier alpha value is -2.12. The summed E-state index contributed by atoms with van der Waals surface area (Å²) in [6.07, 6.45) is 1.75. The highest BCUT2D eigenvalue weighted by atomic mass is 32.2. The van der Waals surface area contributed by atoms with Gasteiger partial charge >= 0.3 is 0 Å². The topological polar surface area (TPSA) is 111 Å². The molecule has 0 aliphatic heterocycles. The van der Waals surface area contributed by atoms with E-state index in [0.29, 0.717) is 12.2 Å². The molecule has 0 fully saturated rings. The van der Waals surface area contributed by atoms with Crippen LogP contribution in [0.25, 0.3) is 0 Å². The first kappa shape index (κ1) is 14.3. The first-order valence-electron chi connectivity index (χ1n) is 5.94. The van der Waals surface area contributed by atoms with Crippen LogP contribution in [0, 0.1) is 6.92 Å². The summed E-state index contributed by atoms with van der Waals surface area (Å²) >= 11 is 0. The molecule has 20 heavy (non-hydrogen) atoms. The summed E-state index contributed by atoms with van der Waals surface area (Å²) in [6, 6.07) is 8.51. The number of nitrogen functional groups attached to an aromatic ring is 1. The second-order valence-electron chi connectivity index (χ2n) is 4.42. The Kier molecular flexibility index (Phi) is 3.91. The van der Waals surface area contributed by atoms with Crippen LogP contribution in [0.1, 0.15) is 11.3 Å². The van der Waals surface area contributed by atoms with E-state index in [1.807, 2.05) is 19.1 Å². The van der Waals surface area contributed by atoms with Crippen LogP contribution in [0.3, 0.4) is 0 Å². The van der Waals surface area contributed by atoms with Crippen molar-refractivity contribution in [1.29, 1.82) is 0 Å². The molecule has 1 aromatic carbocycles. The SMILES string of the molecule is Cc1ccc(CNc2cccc(S(N)(=O)=O)c2N)cn1. The fourth-order valence-electron chi connectivity index (χ4n) is 1.75. The number of hydrogen-bond donors (Lipinski definition) is 3. The number of nitrogens with zero attached hydrogens (tertiary/aromatic N) is 1. The van der Waals surface area contributed by atoms with E-state index < -0.39 is 10.0 Å². The minimum atomic E-state index is -3.82. The Bertz CT molecular complexity index is 712. The monoisotopic (exact) mass is 292 g/mol. The number of primary sulfonamides is 1. The van der Waals surface area contributed by atoms with Gasteiger partial charge < -0.3 is 11.1 Å². The largest absolute Gasteiger partial charge is 0.396 e. The number of hydrogen-bond acceptors (Lipinski definition) is 5. The number of pyridine rings is 1. The van der Waals surface area contributed by atoms with Gasteiger partial charge in [-0.25, -0.2) is 13.6 Å². The molecule has 1 heterocycles. The molecule has 1 aromatic heterocycles. The average molecular weight is 292 g/mol. The van der Waals surface area contributed by atoms with Crippen LogP contribution in [0.4, 0.5) is 11.4 Å². The minimum Gasteiger partial charge on any atom is -0.396 e. The number of aromatic nitrogens is 1. The van der Waals surface area contributed by atoms with E-state index in [1.54, 1.807) is 18.3 Å². The average Bonchev–Trinajstić information content (AvgIpc) is 2.38. The molecule has 2 rings (SSSR count). The number of anilines is 2. The number of sulfonamides is 1. The molecule has 0 unspecified atom stereocenters. The molecule has 0 saturated carbocycles. The molecular formula is C13H16N4O2S. The fraction of sp³-hybridized carbons (Fsp3) is 0.154. The number of nitrogens with two attached hydrogens (primary N) is 2. The molecule has 0 bridgehead atoms. The maximum absolute atomic E-state index is 11.4. The Morgan fingerprint density at radius 3 is 2.60 bits per heavy atom. The second kappa shape index (κ2) is 5.48. The van der Waals surface area contributed by atoms with E-state index in [1.165, 1.54) is 6.07 Å². The third-order valence-electron chi connectivity index (χ3n) is 2.83. The van der Waals surface area contributed by atoms with Gasteiger partial charge in [0, 0.05) is 18.4 Å². The van der Waals surface area contributed by atoms with Crippen molar-refractivity contribution in [2.45, 2.75) is 18.4 Å². The fourth-order valence-corrected chi connectivity index (χ4v) is 2.43. The first-order chi connectivity index (χ1) is 9.38. The Morgan fingerprint density at radius 2 is 2.00 bits per heavy atom. The van der Waals surface area contributed by atoms with Gasteiger partial charge in [0.1, 0.15) is 4.90 Å². The van der Waals surface area contributed by atoms with Gasteiger partial charge in [-0.1, -0.05) is 12.1 Å². The Balaban J connectivity index is 2.20. The van der Waals surface area contributed by atoms with E-state index in [0.717, 1.165) is 11.3 Å². The molecule has 2 aromatic rings. The predicted octanol–water partition coefficient (Wildman–Crippen LogP) is 1.23. The zero-order valence-electron chi connectivity index (χ0n) is 11.0. The highest BCUT2D eigenvalue weighted by molar-refractivity contribution is 7.89. The minimum absolute atomic E-state index is 0.0791. The molecule has 0 aliphatic carbocycles. The lowest BCUT2D eigenvalue weighted by Crippen LogP contribution is -2.15. The van der Waals surface area contributed by atoms with Crippen molar-refractivity contribution >= 4 is 21.4 Å². The van der Waals surface area contributed by atoms with Crippen molar-refractivity contribution in [3.8, 4) is 0 Å². The van der Waals surface area contributed by atoms with E-state index >= 15 is 0 Å². The Morgan fingerprint density at radius 1 is 1.25 bits per heavy atom. The second-order valence-corrected chi connectivity index (χ2v) is 5.95. The maximum Gasteiger partial charge on any atom is 0.240 e. The van der Waals surface area contributed by atoms with Gasteiger partial charge in [-0.3, -0.25) is 4.98 Å². The van der Waals surface area contributed by atoms with Gasteiger partial charge in [-0.15, -0.1) is 0 Å². The van der Waals surface area contributed by atoms with Crippen LogP contribution in [0.5, 0.6) is 0 Å². The van der Waals surface area contributed by atoms with Crippen molar-refractivity contribution in [2.75, 3.05) is 11.1 Å². The number of benzene rings is 1. The van der Waals surface area contributed by atoms with Crippen LogP contribution < -0.4 is 16.2 Å². The molecule has 0 spiro atoms. The molecular weight excluding hydrogens is 276 g/mol. The lowest BCUT2D eigenvalue weighted by atomic mass is 10.2. The zero-order valence-corrected chi connectivity index (χ0v) is 11.8. The molecule has 0 radical (unpaired) electrons. The van der Waals surface area contributed by atoms with Gasteiger partial charge in [0.25, 0.3) is 0 Å². The zero-order chi connectivity index (χ0) is 14.8. The summed E-state index contributed by atoms with van der Waals surface area (Å²) in [6.45, 7) is 2.40. The van der Waals surface area contributed by atoms with E-state index in [4.69, 9.17) is 10.9 Å². The van der Waals surface area contributed by atoms with Crippen molar-refractivity contribution in [2.24, 2.45) is 5.14 Å². The number of aryl methyl sites for hydroxylation is 1. The molecule has 5 N–H and O–H groups in total. The van der Waals surface area contributed by atoms with Crippen LogP contribution in [0.2, 0.25) is 0 Å². The van der Waals surface area contributed by atoms with Crippen molar-refractivity contribution in [1.82, 2.24) is 4.98 Å². The third kappa shape index (κ3) is 3.25. The number of nitrogens with one attached hydrogen (secondary N) is 1. The van der Waals surface area contributed by atoms with Gasteiger partial charge in [0.2, 0.25) is 10.0 Å². The number of para-hydroxylation sites is 1. The summed E-state index contributed by atoms with van der Waals surface area (Å²) in [5.41, 5.74) is 8.37. The van der Waals surface area contributed by atoms with Gasteiger partial charge in [0.15, 0.2) is 0 Å². The van der Waals surface area contributed by atoms with Gasteiger partial charge in [-0.2, -0.15) is 0 Å². The molecule has 0 saturated heterocycles.